The number of Topliss-reactive ketones (excluding diaryl/α,β-unsaturated/α-hetero) is 1. The third-order valence-corrected chi connectivity index (χ3v) is 16.0. The van der Waals surface area contributed by atoms with Crippen LogP contribution in [0, 0.1) is 44.9 Å². The van der Waals surface area contributed by atoms with Gasteiger partial charge in [-0.25, -0.2) is 14.4 Å². The number of aliphatic hydroxyl groups excluding tert-OH is 1. The van der Waals surface area contributed by atoms with Crippen molar-refractivity contribution < 1.29 is 76.5 Å². The van der Waals surface area contributed by atoms with E-state index in [2.05, 4.69) is 26.0 Å². The number of hydrogen-bond acceptors (Lipinski definition) is 16. The van der Waals surface area contributed by atoms with Gasteiger partial charge in [-0.2, -0.15) is 0 Å². The number of esters is 3. The fraction of sp³-hybridized carbons (Fsp3) is 0.492. The first-order valence-corrected chi connectivity index (χ1v) is 25.2. The molecule has 2 fully saturated rings. The van der Waals surface area contributed by atoms with E-state index in [4.69, 9.17) is 42.6 Å². The molecule has 0 heterocycles. The summed E-state index contributed by atoms with van der Waals surface area (Å²) in [4.78, 5) is 74.1. The Morgan fingerprint density at radius 1 is 0.507 bits per heavy atom. The van der Waals surface area contributed by atoms with Crippen LogP contribution in [0.5, 0.6) is 34.5 Å². The predicted octanol–water partition coefficient (Wildman–Crippen LogP) is 8.84. The number of carbonyl (C=O) groups is 6. The third kappa shape index (κ3) is 12.1. The van der Waals surface area contributed by atoms with Crippen LogP contribution >= 0.6 is 0 Å². The van der Waals surface area contributed by atoms with Gasteiger partial charge >= 0.3 is 17.9 Å². The number of benzene rings is 4. The molecule has 4 aromatic rings. The van der Waals surface area contributed by atoms with Gasteiger partial charge in [0.2, 0.25) is 0 Å². The summed E-state index contributed by atoms with van der Waals surface area (Å²) in [5.74, 6) is 0.778. The average molecular weight is 1040 g/mol. The zero-order chi connectivity index (χ0) is 54.8. The van der Waals surface area contributed by atoms with E-state index >= 15 is 0 Å². The van der Waals surface area contributed by atoms with Crippen LogP contribution in [0.4, 0.5) is 0 Å². The van der Waals surface area contributed by atoms with Crippen LogP contribution in [0.3, 0.4) is 0 Å². The zero-order valence-corrected chi connectivity index (χ0v) is 45.2. The molecule has 6 rings (SSSR count). The van der Waals surface area contributed by atoms with Crippen LogP contribution in [0.15, 0.2) is 48.5 Å². The standard InChI is InChI=1S/C59H72O16/c1-35-20-43(24-39(28-60)53(35)72-31-47(63)30-62)58(45-22-37(3)55(48(26-45)67-7)74-33-51(65)70-10)16-12-41(13-17-58)57(5,6)42-14-18-59(19-15-42,44-21-36(2)54(40(25-44)29-61)73-32-50(64)69-9)46-23-38(4)56(49(27-46)68-8)75-34-52(66)71-11/h20-29,41-42,62H,12-19,30-34H2,1-11H3. The number of hydrogen-bond donors (Lipinski definition) is 1. The number of methoxy groups -OCH3 is 5. The van der Waals surface area contributed by atoms with Crippen molar-refractivity contribution in [2.45, 2.75) is 104 Å². The molecule has 1 N–H and O–H groups in total. The minimum absolute atomic E-state index is 0.146. The van der Waals surface area contributed by atoms with Gasteiger partial charge in [0.25, 0.3) is 0 Å². The summed E-state index contributed by atoms with van der Waals surface area (Å²) in [6.07, 6.45) is 7.72. The Kier molecular flexibility index (Phi) is 18.8. The molecule has 75 heavy (non-hydrogen) atoms. The number of aliphatic hydroxyl groups is 1. The highest BCUT2D eigenvalue weighted by Gasteiger charge is 2.49. The minimum Gasteiger partial charge on any atom is -0.493 e. The van der Waals surface area contributed by atoms with Gasteiger partial charge in [-0.15, -0.1) is 0 Å². The third-order valence-electron chi connectivity index (χ3n) is 16.0. The molecule has 0 spiro atoms. The normalized spacial score (nSPS) is 19.5. The summed E-state index contributed by atoms with van der Waals surface area (Å²) in [5, 5.41) is 9.37. The second-order valence-corrected chi connectivity index (χ2v) is 20.4. The lowest BCUT2D eigenvalue weighted by molar-refractivity contribution is -0.143. The van der Waals surface area contributed by atoms with Crippen LogP contribution < -0.4 is 28.4 Å². The fourth-order valence-electron chi connectivity index (χ4n) is 11.7. The second-order valence-electron chi connectivity index (χ2n) is 20.4. The molecule has 0 atom stereocenters. The first-order valence-electron chi connectivity index (χ1n) is 25.2. The van der Waals surface area contributed by atoms with Crippen molar-refractivity contribution in [1.82, 2.24) is 0 Å². The smallest absolute Gasteiger partial charge is 0.343 e. The Hall–Kier alpha value is -6.94. The summed E-state index contributed by atoms with van der Waals surface area (Å²) in [6.45, 7) is 10.3. The van der Waals surface area contributed by atoms with Gasteiger partial charge < -0.3 is 47.7 Å². The molecule has 404 valence electrons. The van der Waals surface area contributed by atoms with E-state index in [-0.39, 0.29) is 43.5 Å². The Labute approximate surface area is 439 Å². The van der Waals surface area contributed by atoms with E-state index in [1.54, 1.807) is 14.2 Å². The topological polar surface area (TPSA) is 206 Å². The Bertz CT molecular complexity index is 2570. The molecule has 16 heteroatoms. The van der Waals surface area contributed by atoms with Crippen molar-refractivity contribution in [3.05, 3.63) is 104 Å². The minimum atomic E-state index is -0.678. The molecule has 16 nitrogen and oxygen atoms in total. The zero-order valence-electron chi connectivity index (χ0n) is 45.2. The highest BCUT2D eigenvalue weighted by atomic mass is 16.6. The molecular formula is C59H72O16. The average Bonchev–Trinajstić information content (AvgIpc) is 3.42. The molecule has 0 aromatic heterocycles. The lowest BCUT2D eigenvalue weighted by atomic mass is 9.53. The highest BCUT2D eigenvalue weighted by Crippen LogP contribution is 2.58. The van der Waals surface area contributed by atoms with E-state index in [1.165, 1.54) is 21.3 Å². The predicted molar refractivity (Wildman–Crippen MR) is 278 cm³/mol. The van der Waals surface area contributed by atoms with Crippen molar-refractivity contribution in [2.75, 3.05) is 68.6 Å². The molecule has 0 radical (unpaired) electrons. The van der Waals surface area contributed by atoms with Gasteiger partial charge in [-0.3, -0.25) is 14.4 Å². The van der Waals surface area contributed by atoms with Crippen LogP contribution in [-0.2, 0) is 44.2 Å². The van der Waals surface area contributed by atoms with Crippen LogP contribution in [-0.4, -0.2) is 110 Å². The quantitative estimate of drug-likeness (QED) is 0.0418. The van der Waals surface area contributed by atoms with Gasteiger partial charge in [-0.1, -0.05) is 38.1 Å². The van der Waals surface area contributed by atoms with Crippen molar-refractivity contribution in [1.29, 1.82) is 0 Å². The molecule has 0 bridgehead atoms. The van der Waals surface area contributed by atoms with Gasteiger partial charge in [0, 0.05) is 10.8 Å². The van der Waals surface area contributed by atoms with Crippen molar-refractivity contribution in [2.24, 2.45) is 17.3 Å². The van der Waals surface area contributed by atoms with E-state index in [0.717, 1.165) is 84.5 Å². The molecule has 0 aliphatic heterocycles. The maximum absolute atomic E-state index is 12.8. The van der Waals surface area contributed by atoms with Crippen LogP contribution in [0.25, 0.3) is 0 Å². The van der Waals surface area contributed by atoms with Crippen LogP contribution in [0.2, 0.25) is 0 Å². The molecule has 2 aliphatic carbocycles. The molecular weight excluding hydrogens is 965 g/mol. The van der Waals surface area contributed by atoms with Gasteiger partial charge in [0.15, 0.2) is 61.2 Å². The maximum Gasteiger partial charge on any atom is 0.343 e. The first-order chi connectivity index (χ1) is 35.8. The molecule has 2 saturated carbocycles. The van der Waals surface area contributed by atoms with Crippen molar-refractivity contribution in [3.8, 4) is 34.5 Å². The van der Waals surface area contributed by atoms with E-state index in [9.17, 15) is 33.9 Å². The monoisotopic (exact) mass is 1040 g/mol. The summed E-state index contributed by atoms with van der Waals surface area (Å²) >= 11 is 0. The summed E-state index contributed by atoms with van der Waals surface area (Å²) in [5.41, 5.74) is 5.88. The number of carbonyl (C=O) groups excluding carboxylic acids is 6. The van der Waals surface area contributed by atoms with E-state index < -0.39 is 41.1 Å². The number of aldehydes is 2. The number of ether oxygens (including phenoxy) is 9. The van der Waals surface area contributed by atoms with Gasteiger partial charge in [0.05, 0.1) is 46.7 Å². The molecule has 0 unspecified atom stereocenters. The lowest BCUT2D eigenvalue weighted by Gasteiger charge is -2.52. The molecule has 0 saturated heterocycles. The number of ketones is 1. The first kappa shape index (κ1) is 57.3. The van der Waals surface area contributed by atoms with Crippen molar-refractivity contribution in [3.63, 3.8) is 0 Å². The Balaban J connectivity index is 1.38. The maximum atomic E-state index is 12.8. The molecule has 2 aliphatic rings. The SMILES string of the molecule is COC(=O)COc1c(C)cc(C2(c3cc(C)c(OCC(=O)OC)c(OC)c3)CCC(C(C)(C)C3CCC(c4cc(C)c(OCC(=O)CO)c(C=O)c4)(c4cc(C)c(OCC(=O)OC)c(OC)c4)CC3)CC2)cc1C=O. The number of rotatable bonds is 23. The van der Waals surface area contributed by atoms with E-state index in [1.807, 2.05) is 64.1 Å². The van der Waals surface area contributed by atoms with Gasteiger partial charge in [-0.05, 0) is 165 Å². The summed E-state index contributed by atoms with van der Waals surface area (Å²) in [7, 11) is 6.98. The lowest BCUT2D eigenvalue weighted by Crippen LogP contribution is -2.43. The second kappa shape index (κ2) is 24.6. The number of aryl methyl sites for hydroxylation is 4. The summed E-state index contributed by atoms with van der Waals surface area (Å²) < 4.78 is 49.9. The van der Waals surface area contributed by atoms with Crippen molar-refractivity contribution >= 4 is 36.3 Å². The summed E-state index contributed by atoms with van der Waals surface area (Å²) in [6, 6.07) is 15.8. The van der Waals surface area contributed by atoms with Crippen LogP contribution in [0.1, 0.15) is 130 Å². The Morgan fingerprint density at radius 2 is 0.813 bits per heavy atom. The van der Waals surface area contributed by atoms with Gasteiger partial charge in [0.1, 0.15) is 24.7 Å². The fourth-order valence-corrected chi connectivity index (χ4v) is 11.7. The Morgan fingerprint density at radius 3 is 1.12 bits per heavy atom. The molecule has 0 amide bonds. The highest BCUT2D eigenvalue weighted by molar-refractivity contribution is 5.84. The largest absolute Gasteiger partial charge is 0.493 e. The van der Waals surface area contributed by atoms with E-state index in [0.29, 0.717) is 69.8 Å². The molecule has 4 aromatic carbocycles.